The van der Waals surface area contributed by atoms with Crippen LogP contribution in [0.25, 0.3) is 0 Å². The van der Waals surface area contributed by atoms with Crippen molar-refractivity contribution in [2.45, 2.75) is 12.4 Å². The van der Waals surface area contributed by atoms with Gasteiger partial charge in [0.25, 0.3) is 0 Å². The lowest BCUT2D eigenvalue weighted by Crippen LogP contribution is -2.19. The number of thioether (sulfide) groups is 1. The maximum Gasteiger partial charge on any atom is 0.417 e. The van der Waals surface area contributed by atoms with Gasteiger partial charge in [-0.25, -0.2) is 0 Å². The summed E-state index contributed by atoms with van der Waals surface area (Å²) < 4.78 is 76.2. The van der Waals surface area contributed by atoms with Crippen molar-refractivity contribution in [1.82, 2.24) is 5.32 Å². The highest BCUT2D eigenvalue weighted by Gasteiger charge is 2.37. The van der Waals surface area contributed by atoms with E-state index in [1.54, 1.807) is 0 Å². The number of nitrogens with one attached hydrogen (secondary N) is 1. The number of halogens is 6. The number of nitrogens with zero attached hydrogens (tertiary/aromatic N) is 2. The number of carbonyl (C=O) groups is 1. The van der Waals surface area contributed by atoms with Gasteiger partial charge in [-0.3, -0.25) is 4.79 Å². The fraction of sp³-hybridized carbons (Fsp3) is 0.250. The Bertz CT molecular complexity index is 680. The molecular weight excluding hydrogens is 348 g/mol. The Morgan fingerprint density at radius 3 is 2.35 bits per heavy atom. The van der Waals surface area contributed by atoms with Crippen molar-refractivity contribution in [3.63, 3.8) is 0 Å². The van der Waals surface area contributed by atoms with Crippen LogP contribution in [0.15, 0.2) is 28.4 Å². The first-order valence-electron chi connectivity index (χ1n) is 5.89. The Morgan fingerprint density at radius 2 is 1.83 bits per heavy atom. The van der Waals surface area contributed by atoms with Gasteiger partial charge in [0, 0.05) is 5.56 Å². The molecule has 23 heavy (non-hydrogen) atoms. The number of amidine groups is 1. The van der Waals surface area contributed by atoms with Gasteiger partial charge >= 0.3 is 12.4 Å². The SMILES string of the molecule is O=C1CSC(=NN=Cc2ccc(C(F)(F)F)cc2C(F)(F)F)N1. The van der Waals surface area contributed by atoms with Crippen molar-refractivity contribution in [2.24, 2.45) is 10.2 Å². The van der Waals surface area contributed by atoms with Gasteiger partial charge in [-0.15, -0.1) is 5.10 Å². The molecule has 1 aliphatic heterocycles. The maximum atomic E-state index is 12.9. The van der Waals surface area contributed by atoms with E-state index in [4.69, 9.17) is 0 Å². The summed E-state index contributed by atoms with van der Waals surface area (Å²) in [6.07, 6.45) is -9.19. The summed E-state index contributed by atoms with van der Waals surface area (Å²) in [4.78, 5) is 10.9. The number of benzene rings is 1. The first-order valence-corrected chi connectivity index (χ1v) is 6.88. The molecule has 0 radical (unpaired) electrons. The lowest BCUT2D eigenvalue weighted by Gasteiger charge is -2.13. The summed E-state index contributed by atoms with van der Waals surface area (Å²) in [6, 6.07) is 1.20. The summed E-state index contributed by atoms with van der Waals surface area (Å²) in [5, 5.41) is 9.27. The molecule has 1 aliphatic rings. The lowest BCUT2D eigenvalue weighted by atomic mass is 10.0. The predicted molar refractivity (Wildman–Crippen MR) is 72.1 cm³/mol. The molecule has 0 unspecified atom stereocenters. The first-order chi connectivity index (χ1) is 10.6. The van der Waals surface area contributed by atoms with Gasteiger partial charge in [-0.05, 0) is 12.1 Å². The van der Waals surface area contributed by atoms with Gasteiger partial charge in [0.1, 0.15) is 0 Å². The smallest absolute Gasteiger partial charge is 0.303 e. The molecule has 0 saturated carbocycles. The minimum atomic E-state index is -4.98. The molecule has 1 aromatic rings. The van der Waals surface area contributed by atoms with E-state index in [1.807, 2.05) is 0 Å². The topological polar surface area (TPSA) is 53.8 Å². The van der Waals surface area contributed by atoms with Crippen LogP contribution in [0.5, 0.6) is 0 Å². The van der Waals surface area contributed by atoms with E-state index in [0.29, 0.717) is 18.3 Å². The Balaban J connectivity index is 2.33. The van der Waals surface area contributed by atoms with Gasteiger partial charge in [0.05, 0.1) is 23.1 Å². The molecule has 1 aromatic carbocycles. The lowest BCUT2D eigenvalue weighted by molar-refractivity contribution is -0.143. The Hall–Kier alpha value is -2.04. The zero-order valence-electron chi connectivity index (χ0n) is 11.0. The first kappa shape index (κ1) is 17.3. The Labute approximate surface area is 129 Å². The maximum absolute atomic E-state index is 12.9. The monoisotopic (exact) mass is 355 g/mol. The van der Waals surface area contributed by atoms with Crippen molar-refractivity contribution in [3.05, 3.63) is 34.9 Å². The summed E-state index contributed by atoms with van der Waals surface area (Å²) in [7, 11) is 0. The van der Waals surface area contributed by atoms with E-state index in [1.165, 1.54) is 0 Å². The van der Waals surface area contributed by atoms with Crippen molar-refractivity contribution in [2.75, 3.05) is 5.75 Å². The molecule has 4 nitrogen and oxygen atoms in total. The predicted octanol–water partition coefficient (Wildman–Crippen LogP) is 3.28. The Morgan fingerprint density at radius 1 is 1.13 bits per heavy atom. The molecule has 0 atom stereocenters. The third kappa shape index (κ3) is 4.47. The molecule has 0 bridgehead atoms. The molecule has 1 amide bonds. The summed E-state index contributed by atoms with van der Waals surface area (Å²) in [6.45, 7) is 0. The second-order valence-corrected chi connectivity index (χ2v) is 5.25. The van der Waals surface area contributed by atoms with E-state index < -0.39 is 29.0 Å². The number of carbonyl (C=O) groups excluding carboxylic acids is 1. The molecule has 0 spiro atoms. The molecule has 1 saturated heterocycles. The van der Waals surface area contributed by atoms with Crippen LogP contribution in [0.3, 0.4) is 0 Å². The van der Waals surface area contributed by atoms with Gasteiger partial charge in [0.15, 0.2) is 5.17 Å². The quantitative estimate of drug-likeness (QED) is 0.503. The van der Waals surface area contributed by atoms with Crippen LogP contribution in [0, 0.1) is 0 Å². The molecule has 2 rings (SSSR count). The van der Waals surface area contributed by atoms with Crippen LogP contribution in [-0.2, 0) is 17.1 Å². The molecule has 1 heterocycles. The van der Waals surface area contributed by atoms with Crippen LogP contribution in [-0.4, -0.2) is 23.0 Å². The van der Waals surface area contributed by atoms with E-state index >= 15 is 0 Å². The summed E-state index contributed by atoms with van der Waals surface area (Å²) in [5.41, 5.74) is -3.45. The third-order valence-electron chi connectivity index (χ3n) is 2.62. The standard InChI is InChI=1S/C12H7F6N3OS/c13-11(14,15)7-2-1-6(8(3-7)12(16,17)18)4-19-21-10-20-9(22)5-23-10/h1-4H,5H2,(H,20,21,22). The van der Waals surface area contributed by atoms with Crippen molar-refractivity contribution >= 4 is 29.1 Å². The molecule has 0 aliphatic carbocycles. The highest BCUT2D eigenvalue weighted by molar-refractivity contribution is 8.15. The molecule has 124 valence electrons. The zero-order valence-corrected chi connectivity index (χ0v) is 11.8. The minimum Gasteiger partial charge on any atom is -0.303 e. The minimum absolute atomic E-state index is 0.0145. The van der Waals surface area contributed by atoms with Crippen LogP contribution in [0.2, 0.25) is 0 Å². The van der Waals surface area contributed by atoms with Crippen LogP contribution >= 0.6 is 11.8 Å². The number of rotatable bonds is 2. The van der Waals surface area contributed by atoms with Gasteiger partial charge in [-0.1, -0.05) is 17.8 Å². The fourth-order valence-electron chi connectivity index (χ4n) is 1.61. The Kier molecular flexibility index (Phi) is 4.68. The normalized spacial score (nSPS) is 18.0. The largest absolute Gasteiger partial charge is 0.417 e. The third-order valence-corrected chi connectivity index (χ3v) is 3.48. The zero-order chi connectivity index (χ0) is 17.3. The fourth-order valence-corrected chi connectivity index (χ4v) is 2.24. The van der Waals surface area contributed by atoms with Crippen LogP contribution < -0.4 is 5.32 Å². The van der Waals surface area contributed by atoms with Gasteiger partial charge < -0.3 is 5.32 Å². The van der Waals surface area contributed by atoms with Crippen molar-refractivity contribution < 1.29 is 31.1 Å². The van der Waals surface area contributed by atoms with E-state index in [9.17, 15) is 31.1 Å². The summed E-state index contributed by atoms with van der Waals surface area (Å²) >= 11 is 1.01. The van der Waals surface area contributed by atoms with E-state index in [0.717, 1.165) is 11.8 Å². The van der Waals surface area contributed by atoms with Gasteiger partial charge in [-0.2, -0.15) is 31.4 Å². The molecule has 1 N–H and O–H groups in total. The highest BCUT2D eigenvalue weighted by Crippen LogP contribution is 2.36. The van der Waals surface area contributed by atoms with E-state index in [-0.39, 0.29) is 22.9 Å². The number of alkyl halides is 6. The van der Waals surface area contributed by atoms with Crippen molar-refractivity contribution in [3.8, 4) is 0 Å². The van der Waals surface area contributed by atoms with Crippen molar-refractivity contribution in [1.29, 1.82) is 0 Å². The highest BCUT2D eigenvalue weighted by atomic mass is 32.2. The average molecular weight is 355 g/mol. The number of hydrogen-bond donors (Lipinski definition) is 1. The average Bonchev–Trinajstić information content (AvgIpc) is 2.82. The molecule has 1 fully saturated rings. The molecular formula is C12H7F6N3OS. The van der Waals surface area contributed by atoms with Gasteiger partial charge in [0.2, 0.25) is 5.91 Å². The number of hydrogen-bond acceptors (Lipinski definition) is 4. The number of amides is 1. The van der Waals surface area contributed by atoms with Crippen LogP contribution in [0.1, 0.15) is 16.7 Å². The second kappa shape index (κ2) is 6.22. The molecule has 11 heteroatoms. The summed E-state index contributed by atoms with van der Waals surface area (Å²) in [5.74, 6) is -0.211. The molecule has 0 aromatic heterocycles. The second-order valence-electron chi connectivity index (χ2n) is 4.28. The van der Waals surface area contributed by atoms with Crippen LogP contribution in [0.4, 0.5) is 26.3 Å². The van der Waals surface area contributed by atoms with E-state index in [2.05, 4.69) is 15.5 Å².